The number of nitrogens with zero attached hydrogens (tertiary/aromatic N) is 1. The van der Waals surface area contributed by atoms with Crippen molar-refractivity contribution in [3.05, 3.63) is 21.6 Å². The molecule has 118 valence electrons. The first-order valence-electron chi connectivity index (χ1n) is 7.52. The molecule has 0 saturated carbocycles. The zero-order chi connectivity index (χ0) is 15.4. The topological polar surface area (TPSA) is 64.8 Å². The molecule has 0 amide bonds. The number of hydrogen-bond donors (Lipinski definition) is 1. The molecule has 2 N–H and O–H groups in total. The van der Waals surface area contributed by atoms with E-state index in [1.807, 2.05) is 13.8 Å². The highest BCUT2D eigenvalue weighted by molar-refractivity contribution is 8.07. The van der Waals surface area contributed by atoms with Crippen LogP contribution in [-0.4, -0.2) is 43.3 Å². The molecule has 0 aliphatic carbocycles. The van der Waals surface area contributed by atoms with Crippen LogP contribution in [0.5, 0.6) is 0 Å². The molecule has 5 nitrogen and oxygen atoms in total. The lowest BCUT2D eigenvalue weighted by Gasteiger charge is -2.34. The first-order chi connectivity index (χ1) is 10.1. The zero-order valence-electron chi connectivity index (χ0n) is 12.9. The van der Waals surface area contributed by atoms with E-state index < -0.39 is 5.92 Å². The molecular formula is C15H24N2O3S. The molecule has 2 atom stereocenters. The van der Waals surface area contributed by atoms with E-state index in [4.69, 9.17) is 15.2 Å². The van der Waals surface area contributed by atoms with Crippen molar-refractivity contribution in [3.8, 4) is 0 Å². The minimum absolute atomic E-state index is 0.215. The Morgan fingerprint density at radius 3 is 2.81 bits per heavy atom. The Labute approximate surface area is 130 Å². The first-order valence-corrected chi connectivity index (χ1v) is 8.34. The second-order valence-electron chi connectivity index (χ2n) is 4.96. The largest absolute Gasteiger partial charge is 0.501 e. The summed E-state index contributed by atoms with van der Waals surface area (Å²) in [5.41, 5.74) is 7.37. The lowest BCUT2D eigenvalue weighted by atomic mass is 9.92. The van der Waals surface area contributed by atoms with Gasteiger partial charge in [-0.15, -0.1) is 0 Å². The Balaban J connectivity index is 2.31. The first kappa shape index (κ1) is 16.4. The lowest BCUT2D eigenvalue weighted by molar-refractivity contribution is -0.145. The smallest absolute Gasteiger partial charge is 0.318 e. The summed E-state index contributed by atoms with van der Waals surface area (Å²) in [5.74, 6) is -0.629. The molecule has 0 aromatic carbocycles. The van der Waals surface area contributed by atoms with E-state index in [9.17, 15) is 4.79 Å². The third-order valence-electron chi connectivity index (χ3n) is 3.79. The molecule has 2 heterocycles. The third kappa shape index (κ3) is 3.27. The second-order valence-corrected chi connectivity index (χ2v) is 6.13. The van der Waals surface area contributed by atoms with Gasteiger partial charge in [-0.3, -0.25) is 9.69 Å². The molecule has 0 aromatic rings. The number of ether oxygens (including phenoxy) is 2. The molecule has 21 heavy (non-hydrogen) atoms. The predicted octanol–water partition coefficient (Wildman–Crippen LogP) is 2.05. The van der Waals surface area contributed by atoms with Crippen molar-refractivity contribution in [3.63, 3.8) is 0 Å². The Bertz CT molecular complexity index is 462. The van der Waals surface area contributed by atoms with Crippen LogP contribution in [0.15, 0.2) is 21.6 Å². The number of carbonyl (C=O) groups excluding carboxylic acids is 1. The van der Waals surface area contributed by atoms with Gasteiger partial charge in [-0.05, 0) is 37.3 Å². The fraction of sp³-hybridized carbons (Fsp3) is 0.667. The summed E-state index contributed by atoms with van der Waals surface area (Å²) in [6.45, 7) is 8.59. The number of thioether (sulfide) groups is 1. The molecule has 6 heteroatoms. The zero-order valence-corrected chi connectivity index (χ0v) is 13.7. The van der Waals surface area contributed by atoms with Gasteiger partial charge in [0, 0.05) is 11.4 Å². The summed E-state index contributed by atoms with van der Waals surface area (Å²) in [6, 6.07) is 0. The molecule has 0 fully saturated rings. The fourth-order valence-electron chi connectivity index (χ4n) is 2.77. The number of rotatable bonds is 5. The van der Waals surface area contributed by atoms with Crippen LogP contribution in [0, 0.1) is 5.92 Å². The van der Waals surface area contributed by atoms with Crippen molar-refractivity contribution in [2.24, 2.45) is 11.7 Å². The van der Waals surface area contributed by atoms with Gasteiger partial charge in [-0.2, -0.15) is 0 Å². The number of carbonyl (C=O) groups is 1. The Morgan fingerprint density at radius 2 is 2.19 bits per heavy atom. The lowest BCUT2D eigenvalue weighted by Crippen LogP contribution is -2.48. The monoisotopic (exact) mass is 312 g/mol. The van der Waals surface area contributed by atoms with Crippen molar-refractivity contribution in [2.45, 2.75) is 33.4 Å². The standard InChI is InChI=1S/C15H24N2O3S/c1-4-17-8-7-10-12(14(17)16)13(15(18)20-6-3)11(21-10)9-19-5-2/h9,13-14H,4-8,16H2,1-3H3. The summed E-state index contributed by atoms with van der Waals surface area (Å²) < 4.78 is 10.6. The Morgan fingerprint density at radius 1 is 1.43 bits per heavy atom. The molecule has 2 unspecified atom stereocenters. The number of nitrogens with two attached hydrogens (primary N) is 1. The molecule has 2 aliphatic heterocycles. The van der Waals surface area contributed by atoms with E-state index in [1.165, 1.54) is 4.91 Å². The van der Waals surface area contributed by atoms with Gasteiger partial charge in [0.05, 0.1) is 25.6 Å². The highest BCUT2D eigenvalue weighted by Crippen LogP contribution is 2.50. The van der Waals surface area contributed by atoms with E-state index in [0.717, 1.165) is 30.0 Å². The summed E-state index contributed by atoms with van der Waals surface area (Å²) in [4.78, 5) is 16.7. The number of esters is 1. The van der Waals surface area contributed by atoms with Gasteiger partial charge < -0.3 is 15.2 Å². The fourth-order valence-corrected chi connectivity index (χ4v) is 4.06. The van der Waals surface area contributed by atoms with Crippen LogP contribution < -0.4 is 5.73 Å². The molecule has 0 spiro atoms. The summed E-state index contributed by atoms with van der Waals surface area (Å²) >= 11 is 1.62. The minimum atomic E-state index is -0.402. The van der Waals surface area contributed by atoms with Gasteiger partial charge in [-0.1, -0.05) is 18.7 Å². The van der Waals surface area contributed by atoms with Crippen LogP contribution in [0.4, 0.5) is 0 Å². The maximum atomic E-state index is 12.4. The molecular weight excluding hydrogens is 288 g/mol. The highest BCUT2D eigenvalue weighted by atomic mass is 32.2. The van der Waals surface area contributed by atoms with Crippen molar-refractivity contribution in [2.75, 3.05) is 26.3 Å². The van der Waals surface area contributed by atoms with Crippen LogP contribution in [0.1, 0.15) is 27.2 Å². The minimum Gasteiger partial charge on any atom is -0.501 e. The van der Waals surface area contributed by atoms with Crippen LogP contribution in [0.2, 0.25) is 0 Å². The third-order valence-corrected chi connectivity index (χ3v) is 5.05. The molecule has 0 aromatic heterocycles. The molecule has 0 radical (unpaired) electrons. The van der Waals surface area contributed by atoms with E-state index in [-0.39, 0.29) is 12.1 Å². The van der Waals surface area contributed by atoms with Crippen LogP contribution in [0.3, 0.4) is 0 Å². The van der Waals surface area contributed by atoms with Gasteiger partial charge >= 0.3 is 5.97 Å². The van der Waals surface area contributed by atoms with Crippen molar-refractivity contribution >= 4 is 17.7 Å². The van der Waals surface area contributed by atoms with Crippen molar-refractivity contribution in [1.29, 1.82) is 0 Å². The van der Waals surface area contributed by atoms with Crippen molar-refractivity contribution in [1.82, 2.24) is 4.90 Å². The van der Waals surface area contributed by atoms with Gasteiger partial charge in [0.2, 0.25) is 0 Å². The van der Waals surface area contributed by atoms with E-state index in [0.29, 0.717) is 13.2 Å². The maximum absolute atomic E-state index is 12.4. The van der Waals surface area contributed by atoms with Gasteiger partial charge in [0.25, 0.3) is 0 Å². The molecule has 2 aliphatic rings. The van der Waals surface area contributed by atoms with Gasteiger partial charge in [-0.25, -0.2) is 0 Å². The number of likely N-dealkylation sites (N-methyl/N-ethyl adjacent to an activating group) is 1. The van der Waals surface area contributed by atoms with E-state index in [1.54, 1.807) is 18.0 Å². The highest BCUT2D eigenvalue weighted by Gasteiger charge is 2.43. The predicted molar refractivity (Wildman–Crippen MR) is 84.3 cm³/mol. The van der Waals surface area contributed by atoms with E-state index >= 15 is 0 Å². The van der Waals surface area contributed by atoms with Crippen LogP contribution in [-0.2, 0) is 14.3 Å². The summed E-state index contributed by atoms with van der Waals surface area (Å²) in [5, 5.41) is 0. The normalized spacial score (nSPS) is 27.9. The second kappa shape index (κ2) is 7.33. The number of hydrogen-bond acceptors (Lipinski definition) is 6. The average molecular weight is 312 g/mol. The van der Waals surface area contributed by atoms with E-state index in [2.05, 4.69) is 11.8 Å². The average Bonchev–Trinajstić information content (AvgIpc) is 2.85. The SMILES string of the molecule is CCOC=C1SC2=C(C1C(=O)OCC)C(N)N(CC)CC2. The molecule has 0 saturated heterocycles. The van der Waals surface area contributed by atoms with Crippen molar-refractivity contribution < 1.29 is 14.3 Å². The summed E-state index contributed by atoms with van der Waals surface area (Å²) in [6.07, 6.45) is 2.40. The Hall–Kier alpha value is -0.980. The van der Waals surface area contributed by atoms with Gasteiger partial charge in [0.15, 0.2) is 0 Å². The summed E-state index contributed by atoms with van der Waals surface area (Å²) in [7, 11) is 0. The molecule has 2 rings (SSSR count). The molecule has 0 bridgehead atoms. The quantitative estimate of drug-likeness (QED) is 0.619. The van der Waals surface area contributed by atoms with Gasteiger partial charge in [0.1, 0.15) is 5.92 Å². The maximum Gasteiger partial charge on any atom is 0.318 e. The van der Waals surface area contributed by atoms with Crippen LogP contribution in [0.25, 0.3) is 0 Å². The Kier molecular flexibility index (Phi) is 5.72. The van der Waals surface area contributed by atoms with Crippen LogP contribution >= 0.6 is 11.8 Å².